The number of nitrogens with zero attached hydrogens (tertiary/aromatic N) is 2. The van der Waals surface area contributed by atoms with Crippen molar-refractivity contribution < 1.29 is 4.79 Å². The Kier molecular flexibility index (Phi) is 4.01. The molecular formula is C16H20N4O. The Bertz CT molecular complexity index is 629. The van der Waals surface area contributed by atoms with Crippen LogP contribution in [0.5, 0.6) is 0 Å². The molecule has 2 aromatic rings. The predicted molar refractivity (Wildman–Crippen MR) is 82.5 cm³/mol. The summed E-state index contributed by atoms with van der Waals surface area (Å²) < 4.78 is 1.80. The number of nitrogens with one attached hydrogen (secondary N) is 2. The molecule has 1 aliphatic heterocycles. The van der Waals surface area contributed by atoms with Crippen molar-refractivity contribution in [1.29, 1.82) is 0 Å². The van der Waals surface area contributed by atoms with E-state index in [1.165, 1.54) is 0 Å². The molecule has 0 saturated carbocycles. The second kappa shape index (κ2) is 6.10. The number of hydrogen-bond acceptors (Lipinski definition) is 3. The lowest BCUT2D eigenvalue weighted by molar-refractivity contribution is -0.120. The molecule has 0 bridgehead atoms. The van der Waals surface area contributed by atoms with Gasteiger partial charge in [-0.05, 0) is 44.5 Å². The molecule has 1 saturated heterocycles. The van der Waals surface area contributed by atoms with Crippen molar-refractivity contribution in [2.24, 2.45) is 5.92 Å². The molecule has 1 aromatic heterocycles. The van der Waals surface area contributed by atoms with Crippen LogP contribution >= 0.6 is 0 Å². The number of para-hydroxylation sites is 2. The van der Waals surface area contributed by atoms with Gasteiger partial charge in [-0.3, -0.25) is 4.79 Å². The zero-order chi connectivity index (χ0) is 14.7. The maximum Gasteiger partial charge on any atom is 0.228 e. The quantitative estimate of drug-likeness (QED) is 0.907. The van der Waals surface area contributed by atoms with Crippen LogP contribution in [0.25, 0.3) is 5.69 Å². The van der Waals surface area contributed by atoms with Gasteiger partial charge in [0.1, 0.15) is 0 Å². The molecule has 5 heteroatoms. The second-order valence-electron chi connectivity index (χ2n) is 5.45. The fraction of sp³-hybridized carbons (Fsp3) is 0.375. The number of carbonyl (C=O) groups excluding carboxylic acids is 1. The van der Waals surface area contributed by atoms with Crippen molar-refractivity contribution in [3.63, 3.8) is 0 Å². The molecule has 1 fully saturated rings. The first kappa shape index (κ1) is 13.8. The standard InChI is InChI=1S/C16H20N4O/c1-12-8-10-20(19-12)15-7-3-2-6-14(15)18-16(21)13-5-4-9-17-11-13/h2-3,6-8,10,13,17H,4-5,9,11H2,1H3,(H,18,21). The molecule has 0 aliphatic carbocycles. The van der Waals surface area contributed by atoms with E-state index in [0.717, 1.165) is 43.0 Å². The van der Waals surface area contributed by atoms with Crippen molar-refractivity contribution >= 4 is 11.6 Å². The van der Waals surface area contributed by atoms with Gasteiger partial charge >= 0.3 is 0 Å². The molecule has 1 unspecified atom stereocenters. The number of rotatable bonds is 3. The maximum atomic E-state index is 12.4. The second-order valence-corrected chi connectivity index (χ2v) is 5.45. The molecule has 3 rings (SSSR count). The number of aromatic nitrogens is 2. The van der Waals surface area contributed by atoms with Crippen LogP contribution in [0.2, 0.25) is 0 Å². The van der Waals surface area contributed by atoms with E-state index < -0.39 is 0 Å². The molecule has 1 amide bonds. The molecule has 1 aromatic carbocycles. The average Bonchev–Trinajstić information content (AvgIpc) is 2.95. The van der Waals surface area contributed by atoms with Gasteiger partial charge in [-0.15, -0.1) is 0 Å². The molecule has 2 heterocycles. The summed E-state index contributed by atoms with van der Waals surface area (Å²) >= 11 is 0. The number of anilines is 1. The summed E-state index contributed by atoms with van der Waals surface area (Å²) in [7, 11) is 0. The Morgan fingerprint density at radius 3 is 2.95 bits per heavy atom. The van der Waals surface area contributed by atoms with Gasteiger partial charge in [0.25, 0.3) is 0 Å². The Morgan fingerprint density at radius 2 is 2.24 bits per heavy atom. The van der Waals surface area contributed by atoms with Gasteiger partial charge in [0.2, 0.25) is 5.91 Å². The Labute approximate surface area is 124 Å². The summed E-state index contributed by atoms with van der Waals surface area (Å²) in [6.45, 7) is 3.72. The Morgan fingerprint density at radius 1 is 1.38 bits per heavy atom. The fourth-order valence-corrected chi connectivity index (χ4v) is 2.64. The van der Waals surface area contributed by atoms with Crippen molar-refractivity contribution in [3.8, 4) is 5.69 Å². The largest absolute Gasteiger partial charge is 0.324 e. The highest BCUT2D eigenvalue weighted by atomic mass is 16.1. The van der Waals surface area contributed by atoms with Crippen molar-refractivity contribution in [1.82, 2.24) is 15.1 Å². The first-order chi connectivity index (χ1) is 10.2. The summed E-state index contributed by atoms with van der Waals surface area (Å²) in [5, 5.41) is 10.7. The van der Waals surface area contributed by atoms with E-state index in [2.05, 4.69) is 15.7 Å². The van der Waals surface area contributed by atoms with Crippen LogP contribution in [0.15, 0.2) is 36.5 Å². The van der Waals surface area contributed by atoms with E-state index in [1.54, 1.807) is 4.68 Å². The molecule has 0 spiro atoms. The van der Waals surface area contributed by atoms with E-state index in [1.807, 2.05) is 43.5 Å². The number of amides is 1. The number of hydrogen-bond donors (Lipinski definition) is 2. The minimum absolute atomic E-state index is 0.0474. The monoisotopic (exact) mass is 284 g/mol. The van der Waals surface area contributed by atoms with Gasteiger partial charge in [0.15, 0.2) is 0 Å². The van der Waals surface area contributed by atoms with Gasteiger partial charge in [-0.2, -0.15) is 5.10 Å². The molecule has 2 N–H and O–H groups in total. The summed E-state index contributed by atoms with van der Waals surface area (Å²) in [5.74, 6) is 0.129. The first-order valence-electron chi connectivity index (χ1n) is 7.37. The highest BCUT2D eigenvalue weighted by Gasteiger charge is 2.21. The van der Waals surface area contributed by atoms with Gasteiger partial charge in [0.05, 0.1) is 23.0 Å². The third-order valence-corrected chi connectivity index (χ3v) is 3.80. The molecule has 110 valence electrons. The van der Waals surface area contributed by atoms with Crippen molar-refractivity contribution in [2.75, 3.05) is 18.4 Å². The highest BCUT2D eigenvalue weighted by molar-refractivity contribution is 5.94. The summed E-state index contributed by atoms with van der Waals surface area (Å²) in [4.78, 5) is 12.4. The van der Waals surface area contributed by atoms with Crippen molar-refractivity contribution in [2.45, 2.75) is 19.8 Å². The van der Waals surface area contributed by atoms with Crippen LogP contribution in [0.4, 0.5) is 5.69 Å². The smallest absolute Gasteiger partial charge is 0.228 e. The van der Waals surface area contributed by atoms with Crippen LogP contribution in [-0.2, 0) is 4.79 Å². The molecule has 1 atom stereocenters. The van der Waals surface area contributed by atoms with E-state index >= 15 is 0 Å². The lowest BCUT2D eigenvalue weighted by Gasteiger charge is -2.22. The van der Waals surface area contributed by atoms with Gasteiger partial charge < -0.3 is 10.6 Å². The highest BCUT2D eigenvalue weighted by Crippen LogP contribution is 2.21. The SMILES string of the molecule is Cc1ccn(-c2ccccc2NC(=O)C2CCCNC2)n1. The van der Waals surface area contributed by atoms with Crippen molar-refractivity contribution in [3.05, 3.63) is 42.2 Å². The molecule has 21 heavy (non-hydrogen) atoms. The normalized spacial score (nSPS) is 18.4. The zero-order valence-electron chi connectivity index (χ0n) is 12.2. The third-order valence-electron chi connectivity index (χ3n) is 3.80. The topological polar surface area (TPSA) is 59.0 Å². The van der Waals surface area contributed by atoms with E-state index in [0.29, 0.717) is 0 Å². The number of piperidine rings is 1. The average molecular weight is 284 g/mol. The molecule has 0 radical (unpaired) electrons. The van der Waals surface area contributed by atoms with Gasteiger partial charge in [-0.25, -0.2) is 4.68 Å². The third kappa shape index (κ3) is 3.13. The van der Waals surface area contributed by atoms with Crippen LogP contribution in [-0.4, -0.2) is 28.8 Å². The Hall–Kier alpha value is -2.14. The van der Waals surface area contributed by atoms with Crippen LogP contribution in [0, 0.1) is 12.8 Å². The molecule has 1 aliphatic rings. The number of aryl methyl sites for hydroxylation is 1. The minimum Gasteiger partial charge on any atom is -0.324 e. The lowest BCUT2D eigenvalue weighted by atomic mass is 9.99. The van der Waals surface area contributed by atoms with Gasteiger partial charge in [-0.1, -0.05) is 12.1 Å². The minimum atomic E-state index is 0.0474. The molecule has 5 nitrogen and oxygen atoms in total. The van der Waals surface area contributed by atoms with Crippen LogP contribution < -0.4 is 10.6 Å². The summed E-state index contributed by atoms with van der Waals surface area (Å²) in [6.07, 6.45) is 3.91. The van der Waals surface area contributed by atoms with Gasteiger partial charge in [0, 0.05) is 12.7 Å². The van der Waals surface area contributed by atoms with E-state index in [-0.39, 0.29) is 11.8 Å². The summed E-state index contributed by atoms with van der Waals surface area (Å²) in [5.41, 5.74) is 2.64. The number of carbonyl (C=O) groups is 1. The summed E-state index contributed by atoms with van der Waals surface area (Å²) in [6, 6.07) is 9.70. The maximum absolute atomic E-state index is 12.4. The van der Waals surface area contributed by atoms with Crippen LogP contribution in [0.1, 0.15) is 18.5 Å². The number of benzene rings is 1. The van der Waals surface area contributed by atoms with E-state index in [4.69, 9.17) is 0 Å². The van der Waals surface area contributed by atoms with Crippen LogP contribution in [0.3, 0.4) is 0 Å². The van der Waals surface area contributed by atoms with E-state index in [9.17, 15) is 4.79 Å². The zero-order valence-corrected chi connectivity index (χ0v) is 12.2. The predicted octanol–water partition coefficient (Wildman–Crippen LogP) is 2.12. The lowest BCUT2D eigenvalue weighted by Crippen LogP contribution is -2.37. The first-order valence-corrected chi connectivity index (χ1v) is 7.37. The Balaban J connectivity index is 1.80. The molecular weight excluding hydrogens is 264 g/mol. The fourth-order valence-electron chi connectivity index (χ4n) is 2.64.